The van der Waals surface area contributed by atoms with Crippen LogP contribution >= 0.6 is 0 Å². The molecule has 0 spiro atoms. The summed E-state index contributed by atoms with van der Waals surface area (Å²) in [5.74, 6) is -4.77. The van der Waals surface area contributed by atoms with Crippen molar-refractivity contribution in [2.24, 2.45) is 5.41 Å². The van der Waals surface area contributed by atoms with E-state index in [2.05, 4.69) is 5.32 Å². The normalized spacial score (nSPS) is 13.7. The number of carbonyl (C=O) groups is 2. The minimum atomic E-state index is -6.50. The van der Waals surface area contributed by atoms with Crippen LogP contribution in [0.5, 0.6) is 11.5 Å². The Morgan fingerprint density at radius 3 is 1.39 bits per heavy atom. The molecule has 0 radical (unpaired) electrons. The first-order valence-electron chi connectivity index (χ1n) is 17.3. The van der Waals surface area contributed by atoms with E-state index in [0.717, 1.165) is 0 Å². The first kappa shape index (κ1) is 46.7. The average molecular weight is 833 g/mol. The predicted octanol–water partition coefficient (Wildman–Crippen LogP) is 11.1. The van der Waals surface area contributed by atoms with Crippen LogP contribution in [-0.4, -0.2) is 57.3 Å². The van der Waals surface area contributed by atoms with Gasteiger partial charge in [0.25, 0.3) is 11.5 Å². The van der Waals surface area contributed by atoms with Gasteiger partial charge in [-0.3, -0.25) is 9.59 Å². The van der Waals surface area contributed by atoms with Gasteiger partial charge >= 0.3 is 24.7 Å². The molecule has 19 heteroatoms. The highest BCUT2D eigenvalue weighted by Crippen LogP contribution is 2.58. The summed E-state index contributed by atoms with van der Waals surface area (Å²) in [5, 5.41) is 35.6. The third kappa shape index (κ3) is 8.34. The molecular weight excluding hydrogens is 792 g/mol. The molecule has 0 aliphatic rings. The minimum absolute atomic E-state index is 0.00711. The molecule has 0 saturated carbocycles. The summed E-state index contributed by atoms with van der Waals surface area (Å²) >= 11 is 0. The third-order valence-corrected chi connectivity index (χ3v) is 10.8. The van der Waals surface area contributed by atoms with Gasteiger partial charge in [0.1, 0.15) is 11.5 Å². The van der Waals surface area contributed by atoms with Gasteiger partial charge in [-0.1, -0.05) is 46.8 Å². The summed E-state index contributed by atoms with van der Waals surface area (Å²) in [5.41, 5.74) is -22.1. The van der Waals surface area contributed by atoms with Crippen LogP contribution in [0.15, 0.2) is 54.6 Å². The van der Waals surface area contributed by atoms with Crippen molar-refractivity contribution in [3.63, 3.8) is 0 Å². The van der Waals surface area contributed by atoms with Crippen molar-refractivity contribution in [1.29, 1.82) is 0 Å². The van der Waals surface area contributed by atoms with Gasteiger partial charge in [0.15, 0.2) is 5.78 Å². The number of rotatable bonds is 13. The lowest BCUT2D eigenvalue weighted by Crippen LogP contribution is -2.54. The van der Waals surface area contributed by atoms with E-state index in [-0.39, 0.29) is 37.1 Å². The van der Waals surface area contributed by atoms with E-state index in [0.29, 0.717) is 43.2 Å². The Balaban J connectivity index is 2.36. The van der Waals surface area contributed by atoms with Crippen LogP contribution in [0, 0.1) is 5.41 Å². The molecule has 1 amide bonds. The molecule has 0 atom stereocenters. The lowest BCUT2D eigenvalue weighted by Gasteiger charge is -2.39. The quantitative estimate of drug-likeness (QED) is 0.0665. The second kappa shape index (κ2) is 15.6. The van der Waals surface area contributed by atoms with Gasteiger partial charge in [0.2, 0.25) is 5.41 Å². The van der Waals surface area contributed by atoms with Crippen molar-refractivity contribution < 1.29 is 77.6 Å². The minimum Gasteiger partial charge on any atom is -0.506 e. The number of phenolic OH excluding ortho intramolecular Hbond substituents is 2. The van der Waals surface area contributed by atoms with E-state index in [1.54, 1.807) is 26.1 Å². The second-order valence-corrected chi connectivity index (χ2v) is 14.2. The third-order valence-electron chi connectivity index (χ3n) is 10.8. The number of aliphatic hydroxyl groups is 1. The summed E-state index contributed by atoms with van der Waals surface area (Å²) in [7, 11) is 0. The fourth-order valence-corrected chi connectivity index (χ4v) is 6.17. The van der Waals surface area contributed by atoms with E-state index in [1.165, 1.54) is 20.8 Å². The number of phenols is 2. The number of hydrogen-bond acceptors (Lipinski definition) is 6. The van der Waals surface area contributed by atoms with E-state index in [1.807, 2.05) is 0 Å². The zero-order chi connectivity index (χ0) is 44.0. The number of carbonyl (C=O) groups excluding carboxylic acids is 2. The monoisotopic (exact) mass is 832 g/mol. The van der Waals surface area contributed by atoms with E-state index < -0.39 is 109 Å². The molecule has 0 aromatic heterocycles. The van der Waals surface area contributed by atoms with Crippen molar-refractivity contribution in [3.05, 3.63) is 82.4 Å². The van der Waals surface area contributed by atoms with Crippen molar-refractivity contribution in [2.45, 2.75) is 108 Å². The highest BCUT2D eigenvalue weighted by Gasteiger charge is 2.73. The molecule has 0 fully saturated rings. The molecule has 0 unspecified atom stereocenters. The Labute approximate surface area is 319 Å². The Bertz CT molecular complexity index is 1930. The van der Waals surface area contributed by atoms with Crippen LogP contribution in [0.1, 0.15) is 105 Å². The van der Waals surface area contributed by atoms with Gasteiger partial charge in [0, 0.05) is 27.6 Å². The number of nitrogens with one attached hydrogen (secondary N) is 2. The zero-order valence-electron chi connectivity index (χ0n) is 31.2. The summed E-state index contributed by atoms with van der Waals surface area (Å²) in [4.78, 5) is 27.0. The molecule has 3 rings (SSSR count). The first-order chi connectivity index (χ1) is 25.8. The number of alkyl halides is 12. The summed E-state index contributed by atoms with van der Waals surface area (Å²) < 4.78 is 175. The molecule has 57 heavy (non-hydrogen) atoms. The molecule has 0 heterocycles. The van der Waals surface area contributed by atoms with Gasteiger partial charge in [-0.2, -0.15) is 52.7 Å². The Morgan fingerprint density at radius 2 is 0.982 bits per heavy atom. The fraction of sp³-hybridized carbons (Fsp3) is 0.474. The van der Waals surface area contributed by atoms with Crippen LogP contribution in [-0.2, 0) is 11.0 Å². The number of hydrogen-bond donors (Lipinski definition) is 5. The van der Waals surface area contributed by atoms with Gasteiger partial charge in [-0.25, -0.2) is 0 Å². The highest BCUT2D eigenvalue weighted by molar-refractivity contribution is 6.08. The number of benzene rings is 3. The number of halogens is 12. The summed E-state index contributed by atoms with van der Waals surface area (Å²) in [6, 6.07) is 2.49. The van der Waals surface area contributed by atoms with Crippen molar-refractivity contribution in [2.75, 3.05) is 10.6 Å². The largest absolute Gasteiger partial charge is 0.506 e. The zero-order valence-corrected chi connectivity index (χ0v) is 31.2. The van der Waals surface area contributed by atoms with Gasteiger partial charge in [-0.05, 0) is 86.2 Å². The SMILES string of the molecule is CCC(C)(CC)Nc1cc(C(c2ccc(O)c(NC(=O)c3cc(C(=O)C(C)(CC)CC)cc(C(O)(C(F)(F)F)C(F)(F)F)c3)c2)(C(F)(F)F)C(F)(F)F)ccc1O. The maximum atomic E-state index is 15.1. The smallest absolute Gasteiger partial charge is 0.430 e. The van der Waals surface area contributed by atoms with E-state index >= 15 is 26.3 Å². The Hall–Kier alpha value is -4.68. The van der Waals surface area contributed by atoms with E-state index in [4.69, 9.17) is 0 Å². The molecule has 3 aromatic carbocycles. The van der Waals surface area contributed by atoms with Crippen LogP contribution in [0.2, 0.25) is 0 Å². The lowest BCUT2D eigenvalue weighted by atomic mass is 9.72. The molecular formula is C38H40F12N2O5. The number of ketones is 1. The topological polar surface area (TPSA) is 119 Å². The van der Waals surface area contributed by atoms with Crippen LogP contribution < -0.4 is 10.6 Å². The van der Waals surface area contributed by atoms with Crippen molar-refractivity contribution in [1.82, 2.24) is 0 Å². The van der Waals surface area contributed by atoms with Crippen LogP contribution in [0.25, 0.3) is 0 Å². The Kier molecular flexibility index (Phi) is 12.8. The summed E-state index contributed by atoms with van der Waals surface area (Å²) in [6.45, 7) is 9.21. The second-order valence-electron chi connectivity index (χ2n) is 14.2. The van der Waals surface area contributed by atoms with Crippen LogP contribution in [0.3, 0.4) is 0 Å². The number of amides is 1. The summed E-state index contributed by atoms with van der Waals surface area (Å²) in [6.07, 6.45) is -24.9. The highest BCUT2D eigenvalue weighted by atomic mass is 19.4. The van der Waals surface area contributed by atoms with Crippen molar-refractivity contribution in [3.8, 4) is 11.5 Å². The molecule has 5 N–H and O–H groups in total. The molecule has 0 saturated heterocycles. The van der Waals surface area contributed by atoms with Gasteiger partial charge in [0.05, 0.1) is 11.4 Å². The number of Topliss-reactive ketones (excluding diaryl/α,β-unsaturated/α-hetero) is 1. The van der Waals surface area contributed by atoms with Crippen LogP contribution in [0.4, 0.5) is 64.1 Å². The molecule has 0 bridgehead atoms. The first-order valence-corrected chi connectivity index (χ1v) is 17.3. The van der Waals surface area contributed by atoms with Crippen molar-refractivity contribution >= 4 is 23.1 Å². The lowest BCUT2D eigenvalue weighted by molar-refractivity contribution is -0.376. The number of aromatic hydroxyl groups is 2. The molecule has 0 aliphatic heterocycles. The van der Waals surface area contributed by atoms with Gasteiger partial charge in [-0.15, -0.1) is 0 Å². The molecule has 7 nitrogen and oxygen atoms in total. The molecule has 0 aliphatic carbocycles. The Morgan fingerprint density at radius 1 is 0.561 bits per heavy atom. The van der Waals surface area contributed by atoms with E-state index in [9.17, 15) is 51.3 Å². The predicted molar refractivity (Wildman–Crippen MR) is 185 cm³/mol. The maximum Gasteiger partial charge on any atom is 0.430 e. The fourth-order valence-electron chi connectivity index (χ4n) is 6.17. The average Bonchev–Trinajstić information content (AvgIpc) is 3.10. The number of anilines is 2. The molecule has 316 valence electrons. The maximum absolute atomic E-state index is 15.1. The molecule has 3 aromatic rings. The van der Waals surface area contributed by atoms with Gasteiger partial charge < -0.3 is 26.0 Å². The standard InChI is InChI=1S/C38H40F12N2O5/c1-7-31(5,8-2)29(55)20-15-21(17-24(16-20)34(57,37(45,46)47)38(48,49)50)30(56)51-25-18-22(11-13-27(25)53)33(35(39,40)41,36(42,43)44)23-12-14-28(54)26(19-23)52-32(6,9-3)10-4/h11-19,52-54,57H,7-10H2,1-6H3,(H,51,56).